The second-order valence-corrected chi connectivity index (χ2v) is 7.69. The number of carbonyl (C=O) groups excluding carboxylic acids is 3. The van der Waals surface area contributed by atoms with E-state index < -0.39 is 48.5 Å². The summed E-state index contributed by atoms with van der Waals surface area (Å²) < 4.78 is 22.9. The summed E-state index contributed by atoms with van der Waals surface area (Å²) in [5.41, 5.74) is -0.217. The molecule has 1 aromatic rings. The van der Waals surface area contributed by atoms with Gasteiger partial charge in [0.05, 0.1) is 19.3 Å². The number of imide groups is 2. The van der Waals surface area contributed by atoms with Crippen molar-refractivity contribution in [1.29, 1.82) is 0 Å². The Labute approximate surface area is 184 Å². The van der Waals surface area contributed by atoms with Gasteiger partial charge in [-0.2, -0.15) is 0 Å². The third kappa shape index (κ3) is 4.32. The Hall–Kier alpha value is -2.99. The molecule has 0 saturated carbocycles. The van der Waals surface area contributed by atoms with Crippen molar-refractivity contribution in [3.63, 3.8) is 0 Å². The van der Waals surface area contributed by atoms with E-state index in [0.29, 0.717) is 5.75 Å². The highest BCUT2D eigenvalue weighted by Crippen LogP contribution is 2.26. The number of aliphatic hydroxyl groups excluding tert-OH is 1. The topological polar surface area (TPSA) is 127 Å². The summed E-state index contributed by atoms with van der Waals surface area (Å²) in [6, 6.07) is 7.86. The number of para-hydroxylation sites is 1. The highest BCUT2D eigenvalue weighted by Gasteiger charge is 2.45. The molecule has 0 bridgehead atoms. The third-order valence-electron chi connectivity index (χ3n) is 5.58. The Morgan fingerprint density at radius 2 is 1.78 bits per heavy atom. The average molecular weight is 447 g/mol. The number of urea groups is 1. The molecule has 3 heterocycles. The van der Waals surface area contributed by atoms with Crippen molar-refractivity contribution in [2.24, 2.45) is 0 Å². The van der Waals surface area contributed by atoms with Gasteiger partial charge in [-0.05, 0) is 12.1 Å². The van der Waals surface area contributed by atoms with Gasteiger partial charge in [-0.3, -0.25) is 19.4 Å². The Morgan fingerprint density at radius 3 is 2.47 bits per heavy atom. The lowest BCUT2D eigenvalue weighted by molar-refractivity contribution is -0.303. The summed E-state index contributed by atoms with van der Waals surface area (Å²) in [5, 5.41) is 13.7. The van der Waals surface area contributed by atoms with Crippen molar-refractivity contribution in [1.82, 2.24) is 15.1 Å². The number of amides is 4. The second-order valence-electron chi connectivity index (χ2n) is 7.69. The Kier molecular flexibility index (Phi) is 6.42. The van der Waals surface area contributed by atoms with Gasteiger partial charge in [0, 0.05) is 20.3 Å². The zero-order valence-electron chi connectivity index (χ0n) is 17.7. The third-order valence-corrected chi connectivity index (χ3v) is 5.58. The van der Waals surface area contributed by atoms with Crippen molar-refractivity contribution in [2.75, 3.05) is 33.9 Å². The highest BCUT2D eigenvalue weighted by molar-refractivity contribution is 6.28. The molecule has 0 spiro atoms. The van der Waals surface area contributed by atoms with Crippen molar-refractivity contribution < 1.29 is 38.4 Å². The molecule has 3 fully saturated rings. The van der Waals surface area contributed by atoms with E-state index in [-0.39, 0.29) is 25.4 Å². The summed E-state index contributed by atoms with van der Waals surface area (Å²) in [4.78, 5) is 38.1. The Bertz CT molecular complexity index is 882. The van der Waals surface area contributed by atoms with Crippen LogP contribution in [0.3, 0.4) is 0 Å². The van der Waals surface area contributed by atoms with Gasteiger partial charge >= 0.3 is 6.03 Å². The van der Waals surface area contributed by atoms with Crippen molar-refractivity contribution in [2.45, 2.75) is 30.6 Å². The fraction of sp³-hybridized carbons (Fsp3) is 0.476. The number of nitrogens with zero attached hydrogens (tertiary/aromatic N) is 2. The number of barbiturate groups is 1. The highest BCUT2D eigenvalue weighted by atomic mass is 16.7. The zero-order valence-corrected chi connectivity index (χ0v) is 17.7. The first-order valence-electron chi connectivity index (χ1n) is 10.2. The predicted octanol–water partition coefficient (Wildman–Crippen LogP) is -0.541. The summed E-state index contributed by atoms with van der Waals surface area (Å²) in [7, 11) is 2.58. The summed E-state index contributed by atoms with van der Waals surface area (Å²) in [6.07, 6.45) is -1.64. The summed E-state index contributed by atoms with van der Waals surface area (Å²) in [5.74, 6) is -0.783. The van der Waals surface area contributed by atoms with Gasteiger partial charge in [-0.25, -0.2) is 4.79 Å². The molecule has 3 aliphatic rings. The number of hydrogen-bond acceptors (Lipinski definition) is 9. The van der Waals surface area contributed by atoms with Gasteiger partial charge in [0.15, 0.2) is 6.29 Å². The van der Waals surface area contributed by atoms with E-state index >= 15 is 0 Å². The number of ether oxygens (including phenoxy) is 4. The minimum absolute atomic E-state index is 0.108. The van der Waals surface area contributed by atoms with Gasteiger partial charge < -0.3 is 29.4 Å². The van der Waals surface area contributed by atoms with E-state index in [2.05, 4.69) is 5.32 Å². The first-order chi connectivity index (χ1) is 15.4. The van der Waals surface area contributed by atoms with Crippen LogP contribution in [-0.4, -0.2) is 97.3 Å². The molecule has 172 valence electrons. The molecular weight excluding hydrogens is 422 g/mol. The molecule has 3 aliphatic heterocycles. The molecule has 5 atom stereocenters. The van der Waals surface area contributed by atoms with E-state index in [1.165, 1.54) is 20.3 Å². The van der Waals surface area contributed by atoms with E-state index in [0.717, 1.165) is 9.80 Å². The second kappa shape index (κ2) is 9.25. The lowest BCUT2D eigenvalue weighted by atomic mass is 9.97. The van der Waals surface area contributed by atoms with Crippen LogP contribution in [0.2, 0.25) is 0 Å². The van der Waals surface area contributed by atoms with Crippen LogP contribution >= 0.6 is 0 Å². The maximum atomic E-state index is 12.3. The minimum Gasteiger partial charge on any atom is -0.488 e. The quantitative estimate of drug-likeness (QED) is 0.452. The predicted molar refractivity (Wildman–Crippen MR) is 108 cm³/mol. The van der Waals surface area contributed by atoms with Crippen LogP contribution in [0.4, 0.5) is 4.79 Å². The summed E-state index contributed by atoms with van der Waals surface area (Å²) >= 11 is 0. The largest absolute Gasteiger partial charge is 0.488 e. The van der Waals surface area contributed by atoms with Crippen molar-refractivity contribution in [3.05, 3.63) is 42.1 Å². The molecule has 3 saturated heterocycles. The number of benzene rings is 1. The SMILES string of the molecule is CN1C(=O)C(=CNC2COC3COC(COc4ccccc4)O[C@H]3[C@@H]2O)C(=O)N(C)C1=O. The number of carbonyl (C=O) groups is 3. The van der Waals surface area contributed by atoms with Gasteiger partial charge in [0.25, 0.3) is 11.8 Å². The van der Waals surface area contributed by atoms with Crippen LogP contribution in [0.15, 0.2) is 42.1 Å². The molecule has 4 amide bonds. The molecule has 11 heteroatoms. The number of aliphatic hydroxyl groups is 1. The molecular formula is C21H25N3O8. The number of rotatable bonds is 5. The lowest BCUT2D eigenvalue weighted by Crippen LogP contribution is -2.63. The molecule has 3 unspecified atom stereocenters. The molecule has 4 rings (SSSR count). The number of likely N-dealkylation sites (N-methyl/N-ethyl adjacent to an activating group) is 2. The fourth-order valence-corrected chi connectivity index (χ4v) is 3.68. The minimum atomic E-state index is -1.00. The van der Waals surface area contributed by atoms with E-state index in [1.54, 1.807) is 0 Å². The summed E-state index contributed by atoms with van der Waals surface area (Å²) in [6.45, 7) is 0.474. The monoisotopic (exact) mass is 447 g/mol. The van der Waals surface area contributed by atoms with E-state index in [9.17, 15) is 19.5 Å². The molecule has 0 aliphatic carbocycles. The van der Waals surface area contributed by atoms with Crippen LogP contribution in [0.25, 0.3) is 0 Å². The Morgan fingerprint density at radius 1 is 1.09 bits per heavy atom. The van der Waals surface area contributed by atoms with Crippen LogP contribution in [-0.2, 0) is 23.8 Å². The number of fused-ring (bicyclic) bond motifs is 1. The van der Waals surface area contributed by atoms with Crippen molar-refractivity contribution >= 4 is 17.8 Å². The molecule has 11 nitrogen and oxygen atoms in total. The van der Waals surface area contributed by atoms with E-state index in [4.69, 9.17) is 18.9 Å². The van der Waals surface area contributed by atoms with Gasteiger partial charge in [-0.1, -0.05) is 18.2 Å². The normalized spacial score (nSPS) is 30.8. The smallest absolute Gasteiger partial charge is 0.333 e. The number of nitrogens with one attached hydrogen (secondary N) is 1. The lowest BCUT2D eigenvalue weighted by Gasteiger charge is -2.44. The van der Waals surface area contributed by atoms with Crippen LogP contribution in [0.1, 0.15) is 0 Å². The van der Waals surface area contributed by atoms with Crippen molar-refractivity contribution in [3.8, 4) is 5.75 Å². The zero-order chi connectivity index (χ0) is 22.8. The molecule has 1 aromatic carbocycles. The molecule has 0 radical (unpaired) electrons. The van der Waals surface area contributed by atoms with Crippen LogP contribution < -0.4 is 10.1 Å². The Balaban J connectivity index is 1.38. The first-order valence-corrected chi connectivity index (χ1v) is 10.2. The first kappa shape index (κ1) is 22.2. The standard InChI is InChI=1S/C21H25N3O8/c1-23-19(26)13(20(27)24(2)21(23)28)8-22-14-9-30-15-10-31-16(32-18(15)17(14)25)11-29-12-6-4-3-5-7-12/h3-8,14-18,22,25H,9-11H2,1-2H3/t14?,15?,16?,17-,18-/m1/s1. The fourth-order valence-electron chi connectivity index (χ4n) is 3.68. The average Bonchev–Trinajstić information content (AvgIpc) is 2.82. The van der Waals surface area contributed by atoms with E-state index in [1.807, 2.05) is 30.3 Å². The van der Waals surface area contributed by atoms with Gasteiger partial charge in [0.1, 0.15) is 36.2 Å². The number of hydrogen-bond donors (Lipinski definition) is 2. The van der Waals surface area contributed by atoms with Crippen LogP contribution in [0, 0.1) is 0 Å². The van der Waals surface area contributed by atoms with Gasteiger partial charge in [0.2, 0.25) is 0 Å². The molecule has 0 aromatic heterocycles. The van der Waals surface area contributed by atoms with Crippen LogP contribution in [0.5, 0.6) is 5.75 Å². The molecule has 2 N–H and O–H groups in total. The molecule has 32 heavy (non-hydrogen) atoms. The van der Waals surface area contributed by atoms with Gasteiger partial charge in [-0.15, -0.1) is 0 Å². The maximum absolute atomic E-state index is 12.3. The maximum Gasteiger partial charge on any atom is 0.333 e.